The lowest BCUT2D eigenvalue weighted by Gasteiger charge is -2.28. The van der Waals surface area contributed by atoms with E-state index in [1.54, 1.807) is 0 Å². The van der Waals surface area contributed by atoms with Gasteiger partial charge in [0.25, 0.3) is 0 Å². The summed E-state index contributed by atoms with van der Waals surface area (Å²) in [5, 5.41) is 0. The zero-order valence-electron chi connectivity index (χ0n) is 8.15. The molecule has 0 aliphatic carbocycles. The van der Waals surface area contributed by atoms with E-state index in [0.717, 1.165) is 12.2 Å². The van der Waals surface area contributed by atoms with Crippen LogP contribution in [0.15, 0.2) is 0 Å². The van der Waals surface area contributed by atoms with Gasteiger partial charge in [0.05, 0.1) is 6.54 Å². The maximum Gasteiger partial charge on any atom is 0.410 e. The molecule has 2 atom stereocenters. The van der Waals surface area contributed by atoms with Crippen molar-refractivity contribution in [2.45, 2.75) is 25.0 Å². The Balaban J connectivity index is 1.93. The van der Waals surface area contributed by atoms with E-state index < -0.39 is 0 Å². The highest BCUT2D eigenvalue weighted by Crippen LogP contribution is 2.25. The number of carbonyl (C=O) groups excluding carboxylic acids is 1. The summed E-state index contributed by atoms with van der Waals surface area (Å²) in [6.45, 7) is 1.11. The molecule has 2 aliphatic rings. The molecule has 0 spiro atoms. The summed E-state index contributed by atoms with van der Waals surface area (Å²) in [6.07, 6.45) is 2.05. The van der Waals surface area contributed by atoms with Crippen LogP contribution in [0.25, 0.3) is 0 Å². The molecular formula is C9H16N2O2S. The van der Waals surface area contributed by atoms with E-state index in [4.69, 9.17) is 10.5 Å². The summed E-state index contributed by atoms with van der Waals surface area (Å²) in [5.41, 5.74) is 5.48. The number of hydrogen-bond donors (Lipinski definition) is 1. The third kappa shape index (κ3) is 1.98. The fourth-order valence-corrected chi connectivity index (χ4v) is 3.09. The van der Waals surface area contributed by atoms with Gasteiger partial charge in [-0.05, 0) is 18.6 Å². The molecule has 2 rings (SSSR count). The van der Waals surface area contributed by atoms with Gasteiger partial charge in [-0.25, -0.2) is 4.79 Å². The van der Waals surface area contributed by atoms with Gasteiger partial charge in [-0.2, -0.15) is 11.8 Å². The average molecular weight is 216 g/mol. The van der Waals surface area contributed by atoms with Crippen LogP contribution >= 0.6 is 11.8 Å². The summed E-state index contributed by atoms with van der Waals surface area (Å²) in [5.74, 6) is 2.27. The second kappa shape index (κ2) is 4.40. The third-order valence-electron chi connectivity index (χ3n) is 2.74. The molecular weight excluding hydrogens is 200 g/mol. The zero-order chi connectivity index (χ0) is 9.97. The summed E-state index contributed by atoms with van der Waals surface area (Å²) < 4.78 is 5.13. The van der Waals surface area contributed by atoms with Crippen molar-refractivity contribution in [2.75, 3.05) is 24.6 Å². The van der Waals surface area contributed by atoms with E-state index in [1.165, 1.54) is 12.2 Å². The molecule has 14 heavy (non-hydrogen) atoms. The molecule has 2 fully saturated rings. The summed E-state index contributed by atoms with van der Waals surface area (Å²) >= 11 is 1.92. The van der Waals surface area contributed by atoms with Crippen LogP contribution < -0.4 is 5.73 Å². The Morgan fingerprint density at radius 3 is 3.07 bits per heavy atom. The third-order valence-corrected chi connectivity index (χ3v) is 3.94. The van der Waals surface area contributed by atoms with Crippen LogP contribution in [0.5, 0.6) is 0 Å². The van der Waals surface area contributed by atoms with Gasteiger partial charge in [0.15, 0.2) is 0 Å². The Hall–Kier alpha value is -0.420. The maximum absolute atomic E-state index is 11.5. The van der Waals surface area contributed by atoms with E-state index in [9.17, 15) is 4.79 Å². The van der Waals surface area contributed by atoms with E-state index in [1.807, 2.05) is 16.7 Å². The van der Waals surface area contributed by atoms with Crippen LogP contribution in [0.3, 0.4) is 0 Å². The number of rotatable bonds is 2. The van der Waals surface area contributed by atoms with Crippen LogP contribution in [-0.2, 0) is 4.74 Å². The molecule has 80 valence electrons. The summed E-state index contributed by atoms with van der Waals surface area (Å²) in [6, 6.07) is 0.373. The van der Waals surface area contributed by atoms with Crippen molar-refractivity contribution < 1.29 is 9.53 Å². The van der Waals surface area contributed by atoms with Crippen molar-refractivity contribution in [3.63, 3.8) is 0 Å². The standard InChI is InChI=1S/C9H16N2O2S/c10-4-8-5-11(9(12)13-8)7-2-1-3-14-6-7/h7-8H,1-6,10H2/t7?,8-/m0/s1. The molecule has 2 heterocycles. The summed E-state index contributed by atoms with van der Waals surface area (Å²) in [7, 11) is 0. The first-order valence-electron chi connectivity index (χ1n) is 5.06. The molecule has 0 aromatic rings. The van der Waals surface area contributed by atoms with Crippen molar-refractivity contribution in [2.24, 2.45) is 5.73 Å². The van der Waals surface area contributed by atoms with Gasteiger partial charge >= 0.3 is 6.09 Å². The van der Waals surface area contributed by atoms with Crippen LogP contribution in [0, 0.1) is 0 Å². The number of ether oxygens (including phenoxy) is 1. The highest BCUT2D eigenvalue weighted by Gasteiger charge is 2.35. The highest BCUT2D eigenvalue weighted by molar-refractivity contribution is 7.99. The monoisotopic (exact) mass is 216 g/mol. The van der Waals surface area contributed by atoms with Crippen molar-refractivity contribution in [1.82, 2.24) is 4.90 Å². The van der Waals surface area contributed by atoms with Crippen LogP contribution in [0.4, 0.5) is 4.79 Å². The number of cyclic esters (lactones) is 1. The van der Waals surface area contributed by atoms with Gasteiger partial charge in [-0.15, -0.1) is 0 Å². The van der Waals surface area contributed by atoms with Gasteiger partial charge in [0, 0.05) is 18.3 Å². The van der Waals surface area contributed by atoms with Gasteiger partial charge in [0.1, 0.15) is 6.10 Å². The molecule has 0 radical (unpaired) electrons. The van der Waals surface area contributed by atoms with Crippen molar-refractivity contribution in [3.8, 4) is 0 Å². The van der Waals surface area contributed by atoms with E-state index in [0.29, 0.717) is 19.1 Å². The quantitative estimate of drug-likeness (QED) is 0.737. The Bertz CT molecular complexity index is 219. The molecule has 0 saturated carbocycles. The van der Waals surface area contributed by atoms with E-state index >= 15 is 0 Å². The lowest BCUT2D eigenvalue weighted by molar-refractivity contribution is 0.130. The summed E-state index contributed by atoms with van der Waals surface area (Å²) in [4.78, 5) is 13.3. The van der Waals surface area contributed by atoms with Crippen molar-refractivity contribution in [1.29, 1.82) is 0 Å². The first-order chi connectivity index (χ1) is 6.81. The minimum absolute atomic E-state index is 0.0885. The predicted molar refractivity (Wildman–Crippen MR) is 56.4 cm³/mol. The van der Waals surface area contributed by atoms with Crippen LogP contribution in [-0.4, -0.2) is 47.7 Å². The normalized spacial score (nSPS) is 33.2. The molecule has 2 N–H and O–H groups in total. The van der Waals surface area contributed by atoms with Crippen molar-refractivity contribution in [3.05, 3.63) is 0 Å². The van der Waals surface area contributed by atoms with Crippen LogP contribution in [0.2, 0.25) is 0 Å². The fourth-order valence-electron chi connectivity index (χ4n) is 1.93. The topological polar surface area (TPSA) is 55.6 Å². The fraction of sp³-hybridized carbons (Fsp3) is 0.889. The number of nitrogens with zero attached hydrogens (tertiary/aromatic N) is 1. The maximum atomic E-state index is 11.5. The molecule has 2 saturated heterocycles. The smallest absolute Gasteiger partial charge is 0.410 e. The Morgan fingerprint density at radius 2 is 2.50 bits per heavy atom. The molecule has 0 aromatic heterocycles. The number of carbonyl (C=O) groups is 1. The molecule has 1 unspecified atom stereocenters. The largest absolute Gasteiger partial charge is 0.443 e. The van der Waals surface area contributed by atoms with E-state index in [-0.39, 0.29) is 12.2 Å². The molecule has 4 nitrogen and oxygen atoms in total. The molecule has 1 amide bonds. The van der Waals surface area contributed by atoms with Gasteiger partial charge in [0.2, 0.25) is 0 Å². The number of hydrogen-bond acceptors (Lipinski definition) is 4. The number of thioether (sulfide) groups is 1. The lowest BCUT2D eigenvalue weighted by atomic mass is 10.1. The Kier molecular flexibility index (Phi) is 3.18. The van der Waals surface area contributed by atoms with Crippen LogP contribution in [0.1, 0.15) is 12.8 Å². The Morgan fingerprint density at radius 1 is 1.64 bits per heavy atom. The first-order valence-corrected chi connectivity index (χ1v) is 6.22. The highest BCUT2D eigenvalue weighted by atomic mass is 32.2. The molecule has 0 bridgehead atoms. The minimum Gasteiger partial charge on any atom is -0.443 e. The predicted octanol–water partition coefficient (Wildman–Crippen LogP) is 0.661. The second-order valence-corrected chi connectivity index (χ2v) is 4.91. The zero-order valence-corrected chi connectivity index (χ0v) is 8.96. The lowest BCUT2D eigenvalue weighted by Crippen LogP contribution is -2.40. The molecule has 5 heteroatoms. The van der Waals surface area contributed by atoms with Gasteiger partial charge < -0.3 is 15.4 Å². The average Bonchev–Trinajstić information content (AvgIpc) is 2.61. The van der Waals surface area contributed by atoms with Crippen molar-refractivity contribution >= 4 is 17.9 Å². The molecule has 2 aliphatic heterocycles. The molecule has 0 aromatic carbocycles. The number of amides is 1. The van der Waals surface area contributed by atoms with Gasteiger partial charge in [-0.3, -0.25) is 0 Å². The SMILES string of the molecule is NC[C@H]1CN(C2CCCSC2)C(=O)O1. The van der Waals surface area contributed by atoms with E-state index in [2.05, 4.69) is 0 Å². The number of nitrogens with two attached hydrogens (primary N) is 1. The Labute approximate surface area is 88.1 Å². The first kappa shape index (κ1) is 10.1. The second-order valence-electron chi connectivity index (χ2n) is 3.76. The minimum atomic E-state index is -0.173. The van der Waals surface area contributed by atoms with Gasteiger partial charge in [-0.1, -0.05) is 0 Å².